The molecule has 0 saturated heterocycles. The molecular weight excluding hydrogens is 420 g/mol. The number of hydrogen-bond donors (Lipinski definition) is 1. The quantitative estimate of drug-likeness (QED) is 0.457. The van der Waals surface area contributed by atoms with Crippen molar-refractivity contribution in [2.45, 2.75) is 51.1 Å². The van der Waals surface area contributed by atoms with E-state index in [0.29, 0.717) is 5.92 Å². The van der Waals surface area contributed by atoms with Crippen molar-refractivity contribution in [3.63, 3.8) is 0 Å². The standard InChI is InChI=1S/C27H29F2N3O/c1-30-25-10-5-22-18-32(15-13-21(22)16-25)14-12-19-2-8-24(9-3-19)31-27(33)11-6-20-4-7-23(28)17-26(20)29/h4-7,10-11,16-17,19,24H,2-3,8-9,12-15,18H2,(H,31,33)/b11-6+. The maximum Gasteiger partial charge on any atom is 0.244 e. The Balaban J connectivity index is 1.17. The van der Waals surface area contributed by atoms with Crippen LogP contribution in [0.2, 0.25) is 0 Å². The molecular formula is C27H29F2N3O. The molecule has 0 radical (unpaired) electrons. The molecule has 1 heterocycles. The van der Waals surface area contributed by atoms with E-state index < -0.39 is 11.6 Å². The van der Waals surface area contributed by atoms with Gasteiger partial charge in [-0.05, 0) is 74.8 Å². The van der Waals surface area contributed by atoms with Crippen LogP contribution >= 0.6 is 0 Å². The lowest BCUT2D eigenvalue weighted by atomic mass is 9.84. The molecule has 2 aromatic rings. The molecule has 4 nitrogen and oxygen atoms in total. The summed E-state index contributed by atoms with van der Waals surface area (Å²) in [7, 11) is 0. The fourth-order valence-electron chi connectivity index (χ4n) is 4.87. The Hall–Kier alpha value is -3.04. The number of carbonyl (C=O) groups is 1. The number of halogens is 2. The number of hydrogen-bond acceptors (Lipinski definition) is 2. The third-order valence-corrected chi connectivity index (χ3v) is 6.83. The summed E-state index contributed by atoms with van der Waals surface area (Å²) in [5, 5.41) is 3.01. The van der Waals surface area contributed by atoms with Crippen LogP contribution < -0.4 is 5.32 Å². The fourth-order valence-corrected chi connectivity index (χ4v) is 4.87. The summed E-state index contributed by atoms with van der Waals surface area (Å²) in [5.74, 6) is -0.876. The van der Waals surface area contributed by atoms with Crippen LogP contribution in [-0.2, 0) is 17.8 Å². The average molecular weight is 450 g/mol. The summed E-state index contributed by atoms with van der Waals surface area (Å²) in [5.41, 5.74) is 3.58. The van der Waals surface area contributed by atoms with Crippen molar-refractivity contribution >= 4 is 17.7 Å². The molecule has 1 aliphatic heterocycles. The van der Waals surface area contributed by atoms with E-state index >= 15 is 0 Å². The molecule has 172 valence electrons. The van der Waals surface area contributed by atoms with Crippen LogP contribution in [0.4, 0.5) is 14.5 Å². The van der Waals surface area contributed by atoms with Gasteiger partial charge < -0.3 is 5.32 Å². The van der Waals surface area contributed by atoms with Gasteiger partial charge in [-0.3, -0.25) is 9.69 Å². The molecule has 0 spiro atoms. The van der Waals surface area contributed by atoms with Crippen LogP contribution in [0, 0.1) is 24.1 Å². The van der Waals surface area contributed by atoms with Crippen molar-refractivity contribution in [3.05, 3.63) is 82.2 Å². The highest BCUT2D eigenvalue weighted by Crippen LogP contribution is 2.29. The molecule has 4 rings (SSSR count). The Morgan fingerprint density at radius 2 is 1.94 bits per heavy atom. The highest BCUT2D eigenvalue weighted by Gasteiger charge is 2.23. The van der Waals surface area contributed by atoms with Gasteiger partial charge >= 0.3 is 0 Å². The minimum absolute atomic E-state index is 0.148. The number of fused-ring (bicyclic) bond motifs is 1. The molecule has 2 aliphatic rings. The average Bonchev–Trinajstić information content (AvgIpc) is 2.82. The molecule has 1 saturated carbocycles. The third-order valence-electron chi connectivity index (χ3n) is 6.83. The molecule has 0 aromatic heterocycles. The number of nitrogens with zero attached hydrogens (tertiary/aromatic N) is 2. The van der Waals surface area contributed by atoms with Gasteiger partial charge in [-0.1, -0.05) is 23.8 Å². The molecule has 1 N–H and O–H groups in total. The molecule has 1 fully saturated rings. The summed E-state index contributed by atoms with van der Waals surface area (Å²) >= 11 is 0. The molecule has 0 atom stereocenters. The van der Waals surface area contributed by atoms with Gasteiger partial charge in [0, 0.05) is 36.8 Å². The zero-order valence-corrected chi connectivity index (χ0v) is 18.7. The van der Waals surface area contributed by atoms with Crippen molar-refractivity contribution in [1.82, 2.24) is 10.2 Å². The molecule has 0 bridgehead atoms. The topological polar surface area (TPSA) is 36.7 Å². The van der Waals surface area contributed by atoms with E-state index in [2.05, 4.69) is 21.1 Å². The Bertz CT molecular complexity index is 1070. The third kappa shape index (κ3) is 6.27. The van der Waals surface area contributed by atoms with E-state index in [9.17, 15) is 13.6 Å². The highest BCUT2D eigenvalue weighted by molar-refractivity contribution is 5.91. The van der Waals surface area contributed by atoms with Crippen molar-refractivity contribution in [2.24, 2.45) is 5.92 Å². The van der Waals surface area contributed by atoms with Gasteiger partial charge in [-0.25, -0.2) is 13.6 Å². The second-order valence-electron chi connectivity index (χ2n) is 9.11. The predicted molar refractivity (Wildman–Crippen MR) is 126 cm³/mol. The van der Waals surface area contributed by atoms with E-state index in [4.69, 9.17) is 6.57 Å². The lowest BCUT2D eigenvalue weighted by molar-refractivity contribution is -0.117. The maximum atomic E-state index is 13.7. The first kappa shape index (κ1) is 23.1. The first-order valence-corrected chi connectivity index (χ1v) is 11.7. The van der Waals surface area contributed by atoms with Crippen LogP contribution in [0.15, 0.2) is 42.5 Å². The summed E-state index contributed by atoms with van der Waals surface area (Å²) < 4.78 is 26.7. The van der Waals surface area contributed by atoms with Gasteiger partial charge in [0.15, 0.2) is 5.69 Å². The Kier molecular flexibility index (Phi) is 7.51. The van der Waals surface area contributed by atoms with E-state index in [0.717, 1.165) is 63.5 Å². The van der Waals surface area contributed by atoms with Crippen LogP contribution in [0.1, 0.15) is 48.8 Å². The van der Waals surface area contributed by atoms with E-state index in [1.54, 1.807) is 0 Å². The molecule has 1 aliphatic carbocycles. The Morgan fingerprint density at radius 3 is 2.70 bits per heavy atom. The van der Waals surface area contributed by atoms with Crippen LogP contribution in [-0.4, -0.2) is 29.9 Å². The van der Waals surface area contributed by atoms with E-state index in [-0.39, 0.29) is 17.5 Å². The summed E-state index contributed by atoms with van der Waals surface area (Å²) in [6.07, 6.45) is 8.98. The number of carbonyl (C=O) groups excluding carboxylic acids is 1. The number of benzene rings is 2. The van der Waals surface area contributed by atoms with Crippen LogP contribution in [0.5, 0.6) is 0 Å². The van der Waals surface area contributed by atoms with Gasteiger partial charge in [0.25, 0.3) is 0 Å². The zero-order valence-electron chi connectivity index (χ0n) is 18.7. The number of amides is 1. The second-order valence-corrected chi connectivity index (χ2v) is 9.11. The normalized spacial score (nSPS) is 20.9. The molecule has 2 aromatic carbocycles. The summed E-state index contributed by atoms with van der Waals surface area (Å²) in [6, 6.07) is 9.50. The van der Waals surface area contributed by atoms with Gasteiger partial charge in [-0.2, -0.15) is 0 Å². The molecule has 6 heteroatoms. The van der Waals surface area contributed by atoms with Gasteiger partial charge in [0.05, 0.1) is 6.57 Å². The molecule has 1 amide bonds. The predicted octanol–water partition coefficient (Wildman–Crippen LogP) is 5.65. The fraction of sp³-hybridized carbons (Fsp3) is 0.407. The molecule has 33 heavy (non-hydrogen) atoms. The lowest BCUT2D eigenvalue weighted by Crippen LogP contribution is -2.37. The summed E-state index contributed by atoms with van der Waals surface area (Å²) in [4.78, 5) is 18.2. The minimum atomic E-state index is -0.676. The van der Waals surface area contributed by atoms with Gasteiger partial charge in [-0.15, -0.1) is 0 Å². The second kappa shape index (κ2) is 10.7. The van der Waals surface area contributed by atoms with Crippen molar-refractivity contribution < 1.29 is 13.6 Å². The summed E-state index contributed by atoms with van der Waals surface area (Å²) in [6.45, 7) is 10.2. The first-order valence-electron chi connectivity index (χ1n) is 11.7. The van der Waals surface area contributed by atoms with E-state index in [1.807, 2.05) is 12.1 Å². The van der Waals surface area contributed by atoms with Crippen LogP contribution in [0.3, 0.4) is 0 Å². The highest BCUT2D eigenvalue weighted by atomic mass is 19.1. The van der Waals surface area contributed by atoms with Crippen molar-refractivity contribution in [2.75, 3.05) is 13.1 Å². The molecule has 0 unspecified atom stereocenters. The van der Waals surface area contributed by atoms with Gasteiger partial charge in [0.1, 0.15) is 11.6 Å². The Morgan fingerprint density at radius 1 is 1.12 bits per heavy atom. The first-order chi connectivity index (χ1) is 16.0. The van der Waals surface area contributed by atoms with Crippen LogP contribution in [0.25, 0.3) is 10.9 Å². The monoisotopic (exact) mass is 449 g/mol. The number of rotatable bonds is 6. The maximum absolute atomic E-state index is 13.7. The largest absolute Gasteiger partial charge is 0.350 e. The van der Waals surface area contributed by atoms with Gasteiger partial charge in [0.2, 0.25) is 5.91 Å². The van der Waals surface area contributed by atoms with Crippen molar-refractivity contribution in [1.29, 1.82) is 0 Å². The Labute approximate surface area is 194 Å². The minimum Gasteiger partial charge on any atom is -0.350 e. The number of nitrogens with one attached hydrogen (secondary N) is 1. The van der Waals surface area contributed by atoms with E-state index in [1.165, 1.54) is 41.8 Å². The zero-order chi connectivity index (χ0) is 23.2. The lowest BCUT2D eigenvalue weighted by Gasteiger charge is -2.33. The van der Waals surface area contributed by atoms with Crippen molar-refractivity contribution in [3.8, 4) is 0 Å². The SMILES string of the molecule is [C-]#[N+]c1ccc2c(c1)CCN(CCC1CCC(NC(=O)/C=C/c3ccc(F)cc3F)CC1)C2. The smallest absolute Gasteiger partial charge is 0.244 e.